The summed E-state index contributed by atoms with van der Waals surface area (Å²) in [6.45, 7) is 11.3. The van der Waals surface area contributed by atoms with Crippen molar-refractivity contribution < 1.29 is 28.5 Å². The maximum atomic E-state index is 14.9. The van der Waals surface area contributed by atoms with E-state index in [4.69, 9.17) is 18.9 Å². The highest BCUT2D eigenvalue weighted by molar-refractivity contribution is 6.05. The fraction of sp³-hybridized carbons (Fsp3) is 0.500. The molecule has 0 amide bonds. The Morgan fingerprint density at radius 2 is 1.54 bits per heavy atom. The second-order valence-corrected chi connectivity index (χ2v) is 15.2. The predicted octanol–water partition coefficient (Wildman–Crippen LogP) is 8.18. The third-order valence-electron chi connectivity index (χ3n) is 12.9. The van der Waals surface area contributed by atoms with Crippen LogP contribution in [0.3, 0.4) is 0 Å². The molecule has 3 aromatic rings. The lowest BCUT2D eigenvalue weighted by molar-refractivity contribution is -0.198. The molecule has 0 radical (unpaired) electrons. The molecule has 3 fully saturated rings. The number of ether oxygens (including phenoxy) is 4. The van der Waals surface area contributed by atoms with Gasteiger partial charge in [0.1, 0.15) is 23.4 Å². The van der Waals surface area contributed by atoms with Crippen LogP contribution in [0.4, 0.5) is 0 Å². The average molecular weight is 623 g/mol. The molecule has 2 bridgehead atoms. The van der Waals surface area contributed by atoms with Crippen molar-refractivity contribution >= 4 is 11.9 Å². The van der Waals surface area contributed by atoms with Gasteiger partial charge in [-0.2, -0.15) is 0 Å². The number of benzene rings is 3. The topological polar surface area (TPSA) is 71.1 Å². The van der Waals surface area contributed by atoms with E-state index in [0.29, 0.717) is 29.6 Å². The van der Waals surface area contributed by atoms with E-state index < -0.39 is 23.3 Å². The minimum absolute atomic E-state index is 0.0382. The smallest absolute Gasteiger partial charge is 0.329 e. The molecular formula is C40H46O6. The van der Waals surface area contributed by atoms with E-state index in [1.807, 2.05) is 18.2 Å². The number of esters is 2. The molecule has 0 aromatic heterocycles. The number of rotatable bonds is 8. The lowest BCUT2D eigenvalue weighted by Gasteiger charge is -2.56. The number of methoxy groups -OCH3 is 2. The first-order chi connectivity index (χ1) is 22.0. The van der Waals surface area contributed by atoms with Crippen molar-refractivity contribution in [3.05, 3.63) is 89.5 Å². The molecule has 3 aromatic carbocycles. The number of hydrogen-bond acceptors (Lipinski definition) is 6. The fourth-order valence-electron chi connectivity index (χ4n) is 10.0. The fourth-order valence-corrected chi connectivity index (χ4v) is 10.0. The minimum atomic E-state index is -1.42. The van der Waals surface area contributed by atoms with Crippen LogP contribution in [0.25, 0.3) is 0 Å². The van der Waals surface area contributed by atoms with E-state index in [1.54, 1.807) is 20.3 Å². The van der Waals surface area contributed by atoms with Crippen LogP contribution in [0.1, 0.15) is 82.4 Å². The van der Waals surface area contributed by atoms with Crippen molar-refractivity contribution in [2.45, 2.75) is 71.8 Å². The van der Waals surface area contributed by atoms with Gasteiger partial charge >= 0.3 is 11.9 Å². The third-order valence-corrected chi connectivity index (χ3v) is 12.9. The molecule has 0 spiro atoms. The summed E-state index contributed by atoms with van der Waals surface area (Å²) < 4.78 is 24.2. The first-order valence-corrected chi connectivity index (χ1v) is 16.8. The molecule has 6 nitrogen and oxygen atoms in total. The third kappa shape index (κ3) is 4.14. The molecule has 3 saturated carbocycles. The van der Waals surface area contributed by atoms with E-state index >= 15 is 0 Å². The van der Waals surface area contributed by atoms with Crippen molar-refractivity contribution in [3.8, 4) is 17.2 Å². The van der Waals surface area contributed by atoms with Gasteiger partial charge < -0.3 is 18.9 Å². The maximum Gasteiger partial charge on any atom is 0.329 e. The Bertz CT molecular complexity index is 1610. The molecule has 242 valence electrons. The van der Waals surface area contributed by atoms with Gasteiger partial charge in [-0.15, -0.1) is 0 Å². The normalized spacial score (nSPS) is 31.9. The van der Waals surface area contributed by atoms with Gasteiger partial charge in [-0.05, 0) is 53.6 Å². The SMILES string of the molecule is COc1cc(OC)c2c(c1)OC(=O)C1(C(=O)O[C@@H]3[C@H](C(c4ccccc4)c4ccccc4)[C@H]4CC[C@]3(C)C4(C)C)CC(C(C)C)C21. The van der Waals surface area contributed by atoms with E-state index in [-0.39, 0.29) is 40.6 Å². The van der Waals surface area contributed by atoms with E-state index in [0.717, 1.165) is 18.4 Å². The van der Waals surface area contributed by atoms with Crippen molar-refractivity contribution in [2.75, 3.05) is 14.2 Å². The van der Waals surface area contributed by atoms with E-state index in [2.05, 4.69) is 83.1 Å². The Morgan fingerprint density at radius 1 is 0.913 bits per heavy atom. The van der Waals surface area contributed by atoms with Gasteiger partial charge in [-0.25, -0.2) is 0 Å². The molecule has 3 aliphatic carbocycles. The van der Waals surface area contributed by atoms with Crippen LogP contribution >= 0.6 is 0 Å². The van der Waals surface area contributed by atoms with E-state index in [9.17, 15) is 9.59 Å². The quantitative estimate of drug-likeness (QED) is 0.143. The Morgan fingerprint density at radius 3 is 2.11 bits per heavy atom. The molecule has 1 aliphatic heterocycles. The van der Waals surface area contributed by atoms with Crippen molar-refractivity contribution in [2.24, 2.45) is 39.9 Å². The summed E-state index contributed by atoms with van der Waals surface area (Å²) in [4.78, 5) is 29.1. The van der Waals surface area contributed by atoms with Crippen LogP contribution < -0.4 is 14.2 Å². The molecule has 0 N–H and O–H groups in total. The van der Waals surface area contributed by atoms with Gasteiger partial charge in [-0.1, -0.05) is 95.3 Å². The van der Waals surface area contributed by atoms with Gasteiger partial charge in [0.2, 0.25) is 0 Å². The Kier molecular flexibility index (Phi) is 7.30. The van der Waals surface area contributed by atoms with Crippen molar-refractivity contribution in [1.29, 1.82) is 0 Å². The molecule has 7 rings (SSSR count). The zero-order chi connectivity index (χ0) is 32.6. The number of carbonyl (C=O) groups excluding carboxylic acids is 2. The standard InChI is InChI=1S/C40H46O6/c1-23(2)27-22-40(34(27)33-29(44-7)20-26(43-6)21-30(33)45-36(40)41)37(42)46-35-32(28-18-19-39(35,5)38(28,3)4)31(24-14-10-8-11-15-24)25-16-12-9-13-17-25/h8-17,20-21,23,27-28,31-32,34-35H,18-19,22H2,1-7H3/t27?,28-,32+,34?,35-,39+,40?/m1/s1. The monoisotopic (exact) mass is 622 g/mol. The van der Waals surface area contributed by atoms with Gasteiger partial charge in [-0.3, -0.25) is 9.59 Å². The molecule has 6 heteroatoms. The molecule has 46 heavy (non-hydrogen) atoms. The molecule has 4 aliphatic rings. The number of hydrogen-bond donors (Lipinski definition) is 0. The first kappa shape index (κ1) is 30.8. The van der Waals surface area contributed by atoms with Crippen LogP contribution in [0.5, 0.6) is 17.2 Å². The molecule has 3 unspecified atom stereocenters. The van der Waals surface area contributed by atoms with Gasteiger partial charge in [0.25, 0.3) is 0 Å². The van der Waals surface area contributed by atoms with Gasteiger partial charge in [0, 0.05) is 40.9 Å². The Hall–Kier alpha value is -3.80. The number of fused-ring (bicyclic) bond motifs is 5. The summed E-state index contributed by atoms with van der Waals surface area (Å²) in [6.07, 6.45) is 2.07. The molecular weight excluding hydrogens is 576 g/mol. The Labute approximate surface area is 272 Å². The second-order valence-electron chi connectivity index (χ2n) is 15.2. The van der Waals surface area contributed by atoms with Crippen LogP contribution in [-0.2, 0) is 14.3 Å². The average Bonchev–Trinajstić information content (AvgIpc) is 3.35. The zero-order valence-corrected chi connectivity index (χ0v) is 28.0. The zero-order valence-electron chi connectivity index (χ0n) is 28.0. The Balaban J connectivity index is 1.33. The largest absolute Gasteiger partial charge is 0.496 e. The lowest BCUT2D eigenvalue weighted by atomic mass is 9.48. The summed E-state index contributed by atoms with van der Waals surface area (Å²) >= 11 is 0. The van der Waals surface area contributed by atoms with E-state index in [1.165, 1.54) is 11.1 Å². The van der Waals surface area contributed by atoms with Crippen molar-refractivity contribution in [1.82, 2.24) is 0 Å². The summed E-state index contributed by atoms with van der Waals surface area (Å²) in [5.74, 6) is 0.852. The molecule has 7 atom stereocenters. The second kappa shape index (κ2) is 10.9. The summed E-state index contributed by atoms with van der Waals surface area (Å²) in [5, 5.41) is 0. The molecule has 0 saturated heterocycles. The van der Waals surface area contributed by atoms with Gasteiger partial charge in [0.05, 0.1) is 14.2 Å². The predicted molar refractivity (Wildman–Crippen MR) is 176 cm³/mol. The van der Waals surface area contributed by atoms with Gasteiger partial charge in [0.15, 0.2) is 5.41 Å². The summed E-state index contributed by atoms with van der Waals surface area (Å²) in [5.41, 5.74) is 1.45. The van der Waals surface area contributed by atoms with Crippen LogP contribution in [0.2, 0.25) is 0 Å². The highest BCUT2D eigenvalue weighted by Gasteiger charge is 2.73. The number of carbonyl (C=O) groups is 2. The highest BCUT2D eigenvalue weighted by Crippen LogP contribution is 2.72. The summed E-state index contributed by atoms with van der Waals surface area (Å²) in [6, 6.07) is 24.8. The van der Waals surface area contributed by atoms with Crippen molar-refractivity contribution in [3.63, 3.8) is 0 Å². The highest BCUT2D eigenvalue weighted by atomic mass is 16.6. The minimum Gasteiger partial charge on any atom is -0.496 e. The first-order valence-electron chi connectivity index (χ1n) is 16.8. The lowest BCUT2D eigenvalue weighted by Crippen LogP contribution is -2.62. The summed E-state index contributed by atoms with van der Waals surface area (Å²) in [7, 11) is 3.17. The maximum absolute atomic E-state index is 14.9. The van der Waals surface area contributed by atoms with Crippen LogP contribution in [0, 0.1) is 39.9 Å². The van der Waals surface area contributed by atoms with Crippen LogP contribution in [0.15, 0.2) is 72.8 Å². The molecule has 1 heterocycles. The van der Waals surface area contributed by atoms with Crippen LogP contribution in [-0.4, -0.2) is 32.3 Å².